The first-order valence-corrected chi connectivity index (χ1v) is 10.7. The van der Waals surface area contributed by atoms with E-state index >= 15 is 0 Å². The molecular weight excluding hydrogens is 312 g/mol. The van der Waals surface area contributed by atoms with Crippen LogP contribution in [0.3, 0.4) is 0 Å². The number of aliphatic hydroxyl groups is 3. The van der Waals surface area contributed by atoms with Crippen molar-refractivity contribution in [3.63, 3.8) is 0 Å². The molecule has 0 aliphatic heterocycles. The molecule has 0 radical (unpaired) electrons. The van der Waals surface area contributed by atoms with E-state index in [9.17, 15) is 15.3 Å². The van der Waals surface area contributed by atoms with E-state index in [1.165, 1.54) is 0 Å². The highest BCUT2D eigenvalue weighted by Gasteiger charge is 2.64. The fourth-order valence-electron chi connectivity index (χ4n) is 7.91. The van der Waals surface area contributed by atoms with Gasteiger partial charge in [-0.15, -0.1) is 0 Å². The number of hydrogen-bond donors (Lipinski definition) is 3. The molecule has 0 heterocycles. The smallest absolute Gasteiger partial charge is 0.0627 e. The second-order valence-electron chi connectivity index (χ2n) is 10.9. The third-order valence-corrected chi connectivity index (χ3v) is 9.56. The number of hydrogen-bond acceptors (Lipinski definition) is 3. The average molecular weight is 351 g/mol. The molecule has 4 saturated carbocycles. The van der Waals surface area contributed by atoms with Crippen LogP contribution in [0.2, 0.25) is 0 Å². The molecule has 0 bridgehead atoms. The molecule has 4 aliphatic carbocycles. The lowest BCUT2D eigenvalue weighted by atomic mass is 9.44. The summed E-state index contributed by atoms with van der Waals surface area (Å²) in [7, 11) is 0. The molecule has 4 rings (SSSR count). The molecule has 0 aromatic rings. The zero-order chi connectivity index (χ0) is 18.1. The van der Waals surface area contributed by atoms with E-state index in [4.69, 9.17) is 0 Å². The zero-order valence-electron chi connectivity index (χ0n) is 16.5. The van der Waals surface area contributed by atoms with E-state index in [0.29, 0.717) is 35.5 Å². The van der Waals surface area contributed by atoms with Crippen LogP contribution in [-0.2, 0) is 0 Å². The van der Waals surface area contributed by atoms with Crippen molar-refractivity contribution >= 4 is 0 Å². The fraction of sp³-hybridized carbons (Fsp3) is 1.00. The van der Waals surface area contributed by atoms with Crippen LogP contribution in [0.15, 0.2) is 0 Å². The third kappa shape index (κ3) is 2.48. The van der Waals surface area contributed by atoms with Crippen molar-refractivity contribution in [3.05, 3.63) is 0 Å². The van der Waals surface area contributed by atoms with E-state index in [-0.39, 0.29) is 29.1 Å². The minimum absolute atomic E-state index is 0.0194. The van der Waals surface area contributed by atoms with Crippen molar-refractivity contribution in [2.24, 2.45) is 46.3 Å². The monoisotopic (exact) mass is 350 g/mol. The first-order valence-electron chi connectivity index (χ1n) is 10.7. The van der Waals surface area contributed by atoms with Crippen LogP contribution in [0, 0.1) is 46.3 Å². The molecule has 4 aliphatic rings. The van der Waals surface area contributed by atoms with Crippen molar-refractivity contribution in [1.29, 1.82) is 0 Å². The molecule has 3 heteroatoms. The van der Waals surface area contributed by atoms with Gasteiger partial charge in [0.15, 0.2) is 0 Å². The summed E-state index contributed by atoms with van der Waals surface area (Å²) in [5, 5.41) is 32.4. The number of fused-ring (bicyclic) bond motifs is 5. The largest absolute Gasteiger partial charge is 0.393 e. The highest BCUT2D eigenvalue weighted by Crippen LogP contribution is 2.67. The number of rotatable bonds is 1. The normalized spacial score (nSPS) is 58.6. The second kappa shape index (κ2) is 5.94. The van der Waals surface area contributed by atoms with Gasteiger partial charge in [-0.2, -0.15) is 0 Å². The topological polar surface area (TPSA) is 60.7 Å². The molecule has 0 aromatic heterocycles. The Balaban J connectivity index is 1.67. The summed E-state index contributed by atoms with van der Waals surface area (Å²) in [5.41, 5.74) is 0.250. The predicted octanol–water partition coefficient (Wildman–Crippen LogP) is 3.60. The number of aliphatic hydroxyl groups excluding tert-OH is 3. The highest BCUT2D eigenvalue weighted by atomic mass is 16.3. The van der Waals surface area contributed by atoms with Gasteiger partial charge in [0, 0.05) is 0 Å². The van der Waals surface area contributed by atoms with Gasteiger partial charge in [-0.05, 0) is 91.3 Å². The van der Waals surface area contributed by atoms with Crippen molar-refractivity contribution in [1.82, 2.24) is 0 Å². The molecule has 25 heavy (non-hydrogen) atoms. The lowest BCUT2D eigenvalue weighted by molar-refractivity contribution is -0.177. The van der Waals surface area contributed by atoms with E-state index < -0.39 is 0 Å². The summed E-state index contributed by atoms with van der Waals surface area (Å²) < 4.78 is 0. The third-order valence-electron chi connectivity index (χ3n) is 9.56. The molecule has 4 fully saturated rings. The minimum Gasteiger partial charge on any atom is -0.393 e. The summed E-state index contributed by atoms with van der Waals surface area (Å²) in [5.74, 6) is 2.69. The van der Waals surface area contributed by atoms with Crippen molar-refractivity contribution in [3.8, 4) is 0 Å². The predicted molar refractivity (Wildman–Crippen MR) is 98.8 cm³/mol. The highest BCUT2D eigenvalue weighted by molar-refractivity contribution is 5.13. The molecule has 144 valence electrons. The van der Waals surface area contributed by atoms with Crippen LogP contribution in [0.25, 0.3) is 0 Å². The molecule has 1 unspecified atom stereocenters. The van der Waals surface area contributed by atoms with Gasteiger partial charge >= 0.3 is 0 Å². The fourth-order valence-corrected chi connectivity index (χ4v) is 7.91. The van der Waals surface area contributed by atoms with E-state index in [1.807, 2.05) is 0 Å². The maximum absolute atomic E-state index is 11.2. The lowest BCUT2D eigenvalue weighted by Crippen LogP contribution is -2.58. The van der Waals surface area contributed by atoms with Gasteiger partial charge < -0.3 is 15.3 Å². The lowest BCUT2D eigenvalue weighted by Gasteiger charge is -2.61. The molecule has 0 spiro atoms. The van der Waals surface area contributed by atoms with Crippen LogP contribution < -0.4 is 0 Å². The van der Waals surface area contributed by atoms with E-state index in [0.717, 1.165) is 44.9 Å². The van der Waals surface area contributed by atoms with Crippen molar-refractivity contribution in [2.45, 2.75) is 91.0 Å². The Morgan fingerprint density at radius 2 is 1.52 bits per heavy atom. The zero-order valence-corrected chi connectivity index (χ0v) is 16.5. The molecule has 0 aromatic carbocycles. The summed E-state index contributed by atoms with van der Waals surface area (Å²) in [4.78, 5) is 0. The molecule has 0 saturated heterocycles. The van der Waals surface area contributed by atoms with Gasteiger partial charge in [-0.25, -0.2) is 0 Å². The first-order chi connectivity index (χ1) is 11.7. The van der Waals surface area contributed by atoms with Crippen molar-refractivity contribution in [2.75, 3.05) is 0 Å². The molecule has 10 atom stereocenters. The maximum Gasteiger partial charge on any atom is 0.0627 e. The summed E-state index contributed by atoms with van der Waals surface area (Å²) in [6.07, 6.45) is 6.42. The van der Waals surface area contributed by atoms with E-state index in [2.05, 4.69) is 27.7 Å². The van der Waals surface area contributed by atoms with E-state index in [1.54, 1.807) is 0 Å². The molecule has 3 nitrogen and oxygen atoms in total. The Hall–Kier alpha value is -0.120. The van der Waals surface area contributed by atoms with Crippen LogP contribution in [-0.4, -0.2) is 33.6 Å². The van der Waals surface area contributed by atoms with Gasteiger partial charge in [0.2, 0.25) is 0 Å². The van der Waals surface area contributed by atoms with Gasteiger partial charge in [0.25, 0.3) is 0 Å². The maximum atomic E-state index is 11.2. The van der Waals surface area contributed by atoms with Gasteiger partial charge in [0.05, 0.1) is 18.3 Å². The standard InChI is InChI=1S/C22H38O3/c1-12(2)15-11-17-19-16(6-8-22(17,4)20(15)25)21(3)7-5-14(23)9-13(21)10-18(19)24/h12-20,23-25H,5-11H2,1-4H3/t13?,14-,15+,16+,17+,18+,19-,20+,21+,22+/m1/s1. The Kier molecular flexibility index (Phi) is 4.34. The summed E-state index contributed by atoms with van der Waals surface area (Å²) in [6.45, 7) is 9.22. The van der Waals surface area contributed by atoms with Crippen LogP contribution in [0.1, 0.15) is 72.6 Å². The van der Waals surface area contributed by atoms with Gasteiger partial charge in [0.1, 0.15) is 0 Å². The summed E-state index contributed by atoms with van der Waals surface area (Å²) in [6, 6.07) is 0. The van der Waals surface area contributed by atoms with Crippen LogP contribution >= 0.6 is 0 Å². The van der Waals surface area contributed by atoms with Crippen LogP contribution in [0.4, 0.5) is 0 Å². The quantitative estimate of drug-likeness (QED) is 0.677. The Morgan fingerprint density at radius 1 is 0.840 bits per heavy atom. The SMILES string of the molecule is CC(C)[C@@H]1C[C@H]2[C@@H]3[C@@H](O)CC4C[C@H](O)CC[C@]4(C)[C@H]3CC[C@]2(C)[C@H]1O. The Labute approximate surface area is 153 Å². The van der Waals surface area contributed by atoms with Gasteiger partial charge in [-0.1, -0.05) is 27.7 Å². The molecule has 0 amide bonds. The molecule has 3 N–H and O–H groups in total. The second-order valence-corrected chi connectivity index (χ2v) is 10.9. The summed E-state index contributed by atoms with van der Waals surface area (Å²) >= 11 is 0. The van der Waals surface area contributed by atoms with Crippen molar-refractivity contribution < 1.29 is 15.3 Å². The van der Waals surface area contributed by atoms with Crippen LogP contribution in [0.5, 0.6) is 0 Å². The Bertz CT molecular complexity index is 519. The molecular formula is C22H38O3. The Morgan fingerprint density at radius 3 is 2.20 bits per heavy atom. The first kappa shape index (κ1) is 18.3. The average Bonchev–Trinajstić information content (AvgIpc) is 2.81. The van der Waals surface area contributed by atoms with Gasteiger partial charge in [-0.3, -0.25) is 0 Å². The minimum atomic E-state index is -0.254.